The second-order valence-corrected chi connectivity index (χ2v) is 6.59. The molecule has 0 aliphatic carbocycles. The summed E-state index contributed by atoms with van der Waals surface area (Å²) >= 11 is 1.53. The summed E-state index contributed by atoms with van der Waals surface area (Å²) < 4.78 is 11.4. The van der Waals surface area contributed by atoms with Gasteiger partial charge in [0, 0.05) is 24.3 Å². The van der Waals surface area contributed by atoms with E-state index in [-0.39, 0.29) is 18.1 Å². The lowest BCUT2D eigenvalue weighted by Gasteiger charge is -2.31. The highest BCUT2D eigenvalue weighted by molar-refractivity contribution is 7.09. The smallest absolute Gasteiger partial charge is 0.271 e. The molecule has 1 amide bonds. The Morgan fingerprint density at radius 2 is 2.42 bits per heavy atom. The number of amides is 1. The van der Waals surface area contributed by atoms with Gasteiger partial charge in [0.2, 0.25) is 5.88 Å². The van der Waals surface area contributed by atoms with Gasteiger partial charge in [0.15, 0.2) is 0 Å². The zero-order chi connectivity index (χ0) is 16.8. The van der Waals surface area contributed by atoms with Crippen molar-refractivity contribution in [2.75, 3.05) is 13.2 Å². The summed E-state index contributed by atoms with van der Waals surface area (Å²) in [5, 5.41) is 5.84. The Hall–Kier alpha value is -1.99. The zero-order valence-corrected chi connectivity index (χ0v) is 14.4. The maximum atomic E-state index is 12.4. The van der Waals surface area contributed by atoms with Gasteiger partial charge in [0.1, 0.15) is 11.8 Å². The number of hydrogen-bond donors (Lipinski definition) is 1. The maximum Gasteiger partial charge on any atom is 0.271 e. The van der Waals surface area contributed by atoms with Crippen molar-refractivity contribution in [1.29, 1.82) is 0 Å². The van der Waals surface area contributed by atoms with Gasteiger partial charge in [-0.1, -0.05) is 13.0 Å². The molecule has 1 saturated heterocycles. The number of aryl methyl sites for hydroxylation is 1. The number of carbonyl (C=O) groups is 1. The lowest BCUT2D eigenvalue weighted by Crippen LogP contribution is -2.51. The van der Waals surface area contributed by atoms with Crippen molar-refractivity contribution in [2.24, 2.45) is 0 Å². The number of rotatable bonds is 6. The fourth-order valence-corrected chi connectivity index (χ4v) is 3.43. The predicted molar refractivity (Wildman–Crippen MR) is 91.5 cm³/mol. The van der Waals surface area contributed by atoms with E-state index in [1.807, 2.05) is 17.5 Å². The fourth-order valence-electron chi connectivity index (χ4n) is 2.55. The molecular formula is C17H21N3O3S. The molecule has 6 nitrogen and oxygen atoms in total. The first-order valence-electron chi connectivity index (χ1n) is 8.17. The van der Waals surface area contributed by atoms with Gasteiger partial charge in [-0.15, -0.1) is 11.3 Å². The summed E-state index contributed by atoms with van der Waals surface area (Å²) in [6.07, 6.45) is 4.05. The van der Waals surface area contributed by atoms with Crippen LogP contribution >= 0.6 is 11.3 Å². The molecule has 0 unspecified atom stereocenters. The fraction of sp³-hybridized carbons (Fsp3) is 0.471. The molecule has 1 N–H and O–H groups in total. The van der Waals surface area contributed by atoms with Crippen LogP contribution in [-0.4, -0.2) is 41.2 Å². The number of carbonyl (C=O) groups excluding carboxylic acids is 1. The number of thiazole rings is 1. The maximum absolute atomic E-state index is 12.4. The van der Waals surface area contributed by atoms with Crippen molar-refractivity contribution in [2.45, 2.75) is 38.3 Å². The summed E-state index contributed by atoms with van der Waals surface area (Å²) in [5.74, 6) is 0.376. The van der Waals surface area contributed by atoms with Crippen molar-refractivity contribution in [3.05, 3.63) is 40.5 Å². The Bertz CT molecular complexity index is 662. The van der Waals surface area contributed by atoms with E-state index >= 15 is 0 Å². The van der Waals surface area contributed by atoms with E-state index in [2.05, 4.69) is 22.2 Å². The summed E-state index contributed by atoms with van der Waals surface area (Å²) in [7, 11) is 0. The second kappa shape index (κ2) is 8.21. The highest BCUT2D eigenvalue weighted by Crippen LogP contribution is 2.17. The third kappa shape index (κ3) is 4.30. The molecule has 7 heteroatoms. The molecule has 3 heterocycles. The molecule has 0 spiro atoms. The van der Waals surface area contributed by atoms with E-state index in [0.29, 0.717) is 31.2 Å². The van der Waals surface area contributed by atoms with Gasteiger partial charge < -0.3 is 14.8 Å². The normalized spacial score (nSPS) is 20.5. The minimum atomic E-state index is -0.258. The third-order valence-corrected chi connectivity index (χ3v) is 4.69. The van der Waals surface area contributed by atoms with Gasteiger partial charge in [0.25, 0.3) is 5.91 Å². The van der Waals surface area contributed by atoms with Crippen LogP contribution in [0.2, 0.25) is 0 Å². The van der Waals surface area contributed by atoms with Crippen LogP contribution in [0.1, 0.15) is 35.3 Å². The molecular weight excluding hydrogens is 326 g/mol. The first kappa shape index (κ1) is 16.9. The van der Waals surface area contributed by atoms with Crippen molar-refractivity contribution >= 4 is 17.2 Å². The third-order valence-electron chi connectivity index (χ3n) is 3.78. The van der Waals surface area contributed by atoms with Gasteiger partial charge >= 0.3 is 0 Å². The molecule has 0 bridgehead atoms. The van der Waals surface area contributed by atoms with Crippen LogP contribution in [0.3, 0.4) is 0 Å². The topological polar surface area (TPSA) is 73.3 Å². The largest absolute Gasteiger partial charge is 0.470 e. The van der Waals surface area contributed by atoms with Crippen LogP contribution in [0.5, 0.6) is 5.88 Å². The molecule has 1 aliphatic heterocycles. The number of pyridine rings is 1. The first-order valence-corrected chi connectivity index (χ1v) is 9.05. The van der Waals surface area contributed by atoms with E-state index in [1.165, 1.54) is 11.3 Å². The van der Waals surface area contributed by atoms with Gasteiger partial charge in [-0.2, -0.15) is 0 Å². The molecule has 0 aromatic carbocycles. The summed E-state index contributed by atoms with van der Waals surface area (Å²) in [6.45, 7) is 3.13. The molecule has 2 aromatic rings. The SMILES string of the molecule is CCCc1nc(C(=O)N[C@@H]2CCOC[C@H]2Oc2ccccn2)cs1. The van der Waals surface area contributed by atoms with Crippen molar-refractivity contribution in [3.8, 4) is 5.88 Å². The molecule has 1 aliphatic rings. The van der Waals surface area contributed by atoms with Crippen LogP contribution in [0.15, 0.2) is 29.8 Å². The van der Waals surface area contributed by atoms with E-state index in [0.717, 1.165) is 17.8 Å². The van der Waals surface area contributed by atoms with E-state index in [4.69, 9.17) is 9.47 Å². The van der Waals surface area contributed by atoms with E-state index < -0.39 is 0 Å². The van der Waals surface area contributed by atoms with Crippen LogP contribution in [0, 0.1) is 0 Å². The molecule has 128 valence electrons. The molecule has 2 aromatic heterocycles. The molecule has 0 saturated carbocycles. The quantitative estimate of drug-likeness (QED) is 0.869. The van der Waals surface area contributed by atoms with Gasteiger partial charge in [-0.3, -0.25) is 4.79 Å². The number of aromatic nitrogens is 2. The van der Waals surface area contributed by atoms with Crippen LogP contribution in [0.25, 0.3) is 0 Å². The zero-order valence-electron chi connectivity index (χ0n) is 13.6. The van der Waals surface area contributed by atoms with Crippen LogP contribution in [0.4, 0.5) is 0 Å². The Kier molecular flexibility index (Phi) is 5.77. The van der Waals surface area contributed by atoms with Gasteiger partial charge in [0.05, 0.1) is 17.7 Å². The number of ether oxygens (including phenoxy) is 2. The average molecular weight is 347 g/mol. The van der Waals surface area contributed by atoms with Gasteiger partial charge in [-0.05, 0) is 25.3 Å². The molecule has 0 radical (unpaired) electrons. The molecule has 1 fully saturated rings. The Labute approximate surface area is 145 Å². The van der Waals surface area contributed by atoms with Gasteiger partial charge in [-0.25, -0.2) is 9.97 Å². The molecule has 3 rings (SSSR count). The van der Waals surface area contributed by atoms with Crippen molar-refractivity contribution < 1.29 is 14.3 Å². The van der Waals surface area contributed by atoms with Crippen molar-refractivity contribution in [3.63, 3.8) is 0 Å². The average Bonchev–Trinajstić information content (AvgIpc) is 3.07. The predicted octanol–water partition coefficient (Wildman–Crippen LogP) is 2.46. The first-order chi connectivity index (χ1) is 11.8. The minimum absolute atomic E-state index is 0.121. The number of hydrogen-bond acceptors (Lipinski definition) is 6. The summed E-state index contributed by atoms with van der Waals surface area (Å²) in [5.41, 5.74) is 0.478. The highest BCUT2D eigenvalue weighted by Gasteiger charge is 2.30. The minimum Gasteiger partial charge on any atom is -0.470 e. The lowest BCUT2D eigenvalue weighted by molar-refractivity contribution is -0.0153. The summed E-state index contributed by atoms with van der Waals surface area (Å²) in [4.78, 5) is 21.0. The van der Waals surface area contributed by atoms with Crippen molar-refractivity contribution in [1.82, 2.24) is 15.3 Å². The van der Waals surface area contributed by atoms with E-state index in [9.17, 15) is 4.79 Å². The molecule has 2 atom stereocenters. The number of nitrogens with one attached hydrogen (secondary N) is 1. The Morgan fingerprint density at radius 1 is 1.50 bits per heavy atom. The number of nitrogens with zero attached hydrogens (tertiary/aromatic N) is 2. The lowest BCUT2D eigenvalue weighted by atomic mass is 10.1. The monoisotopic (exact) mass is 347 g/mol. The summed E-state index contributed by atoms with van der Waals surface area (Å²) in [6, 6.07) is 5.37. The van der Waals surface area contributed by atoms with Crippen LogP contribution < -0.4 is 10.1 Å². The Balaban J connectivity index is 1.63. The highest BCUT2D eigenvalue weighted by atomic mass is 32.1. The standard InChI is InChI=1S/C17H21N3O3S/c1-2-5-16-19-13(11-24-16)17(21)20-12-7-9-22-10-14(12)23-15-6-3-4-8-18-15/h3-4,6,8,11-12,14H,2,5,7,9-10H2,1H3,(H,20,21)/t12-,14-/m1/s1. The molecule has 24 heavy (non-hydrogen) atoms. The van der Waals surface area contributed by atoms with E-state index in [1.54, 1.807) is 12.3 Å². The van der Waals surface area contributed by atoms with Crippen LogP contribution in [-0.2, 0) is 11.2 Å². The Morgan fingerprint density at radius 3 is 3.21 bits per heavy atom. The second-order valence-electron chi connectivity index (χ2n) is 5.64.